The van der Waals surface area contributed by atoms with Crippen LogP contribution in [-0.4, -0.2) is 4.98 Å². The second kappa shape index (κ2) is 4.25. The van der Waals surface area contributed by atoms with Gasteiger partial charge in [-0.15, -0.1) is 0 Å². The molecule has 0 saturated heterocycles. The van der Waals surface area contributed by atoms with E-state index in [9.17, 15) is 0 Å². The van der Waals surface area contributed by atoms with E-state index in [0.29, 0.717) is 22.4 Å². The van der Waals surface area contributed by atoms with Crippen LogP contribution in [0.4, 0.5) is 0 Å². The molecule has 0 aliphatic heterocycles. The van der Waals surface area contributed by atoms with Crippen LogP contribution in [-0.2, 0) is 0 Å². The number of pyridine rings is 1. The molecule has 3 heteroatoms. The van der Waals surface area contributed by atoms with Crippen LogP contribution in [0.1, 0.15) is 11.1 Å². The summed E-state index contributed by atoms with van der Waals surface area (Å²) in [5, 5.41) is 17.9. The van der Waals surface area contributed by atoms with Crippen molar-refractivity contribution in [3.8, 4) is 23.4 Å². The summed E-state index contributed by atoms with van der Waals surface area (Å²) in [6.07, 6.45) is 1.54. The van der Waals surface area contributed by atoms with E-state index < -0.39 is 0 Å². The van der Waals surface area contributed by atoms with Gasteiger partial charge in [0.1, 0.15) is 12.1 Å². The van der Waals surface area contributed by atoms with Gasteiger partial charge in [0, 0.05) is 17.8 Å². The van der Waals surface area contributed by atoms with Crippen LogP contribution in [0, 0.1) is 28.7 Å². The van der Waals surface area contributed by atoms with Crippen molar-refractivity contribution in [1.82, 2.24) is 4.98 Å². The first-order valence-corrected chi connectivity index (χ1v) is 4.62. The van der Waals surface area contributed by atoms with Crippen molar-refractivity contribution in [3.63, 3.8) is 0 Å². The molecular weight excluding hydrogens is 198 g/mol. The Bertz CT molecular complexity index is 589. The fourth-order valence-electron chi connectivity index (χ4n) is 1.46. The van der Waals surface area contributed by atoms with Crippen LogP contribution in [0.15, 0.2) is 36.5 Å². The van der Waals surface area contributed by atoms with Gasteiger partial charge in [-0.25, -0.2) is 0 Å². The molecule has 0 amide bonds. The van der Waals surface area contributed by atoms with Crippen LogP contribution < -0.4 is 0 Å². The van der Waals surface area contributed by atoms with Gasteiger partial charge in [0.15, 0.2) is 0 Å². The molecule has 0 aliphatic rings. The first-order valence-electron chi connectivity index (χ1n) is 4.62. The van der Waals surface area contributed by atoms with E-state index in [4.69, 9.17) is 10.5 Å². The quantitative estimate of drug-likeness (QED) is 0.716. The lowest BCUT2D eigenvalue weighted by Gasteiger charge is -2.03. The summed E-state index contributed by atoms with van der Waals surface area (Å²) in [6.45, 7) is 0. The lowest BCUT2D eigenvalue weighted by molar-refractivity contribution is 1.31. The van der Waals surface area contributed by atoms with E-state index in [1.807, 2.05) is 12.1 Å². The second-order valence-corrected chi connectivity index (χ2v) is 3.10. The molecule has 3 nitrogen and oxygen atoms in total. The smallest absolute Gasteiger partial charge is 0.101 e. The van der Waals surface area contributed by atoms with E-state index in [0.717, 1.165) is 0 Å². The third-order valence-corrected chi connectivity index (χ3v) is 2.19. The molecule has 73 valence electrons. The minimum atomic E-state index is 0.365. The van der Waals surface area contributed by atoms with Crippen LogP contribution in [0.5, 0.6) is 0 Å². The molecule has 2 rings (SSSR count). The van der Waals surface area contributed by atoms with Crippen molar-refractivity contribution in [2.24, 2.45) is 0 Å². The molecule has 2 aromatic rings. The lowest BCUT2D eigenvalue weighted by atomic mass is 10.00. The average Bonchev–Trinajstić information content (AvgIpc) is 2.38. The highest BCUT2D eigenvalue weighted by atomic mass is 14.7. The highest BCUT2D eigenvalue weighted by molar-refractivity contribution is 5.70. The molecule has 0 unspecified atom stereocenters. The maximum Gasteiger partial charge on any atom is 0.101 e. The zero-order valence-corrected chi connectivity index (χ0v) is 8.31. The number of aromatic nitrogens is 1. The van der Waals surface area contributed by atoms with E-state index in [2.05, 4.69) is 11.1 Å². The summed E-state index contributed by atoms with van der Waals surface area (Å²) < 4.78 is 0. The monoisotopic (exact) mass is 204 g/mol. The molecule has 16 heavy (non-hydrogen) atoms. The summed E-state index contributed by atoms with van der Waals surface area (Å²) in [7, 11) is 0. The molecule has 1 aromatic heterocycles. The van der Waals surface area contributed by atoms with Crippen molar-refractivity contribution in [2.45, 2.75) is 0 Å². The standard InChI is InChI=1S/C13H6N3/c14-8-10-4-3-5-11(12(10)9-15)13-6-1-2-7-16-13/h1,3-7H. The predicted octanol–water partition coefficient (Wildman–Crippen LogP) is 2.29. The average molecular weight is 204 g/mol. The Morgan fingerprint density at radius 2 is 2.00 bits per heavy atom. The van der Waals surface area contributed by atoms with Gasteiger partial charge in [-0.3, -0.25) is 4.98 Å². The molecule has 0 aliphatic carbocycles. The van der Waals surface area contributed by atoms with Crippen molar-refractivity contribution in [2.75, 3.05) is 0 Å². The van der Waals surface area contributed by atoms with Gasteiger partial charge >= 0.3 is 0 Å². The highest BCUT2D eigenvalue weighted by Gasteiger charge is 2.09. The van der Waals surface area contributed by atoms with Crippen LogP contribution >= 0.6 is 0 Å². The number of hydrogen-bond donors (Lipinski definition) is 0. The number of nitriles is 2. The van der Waals surface area contributed by atoms with E-state index >= 15 is 0 Å². The molecular formula is C13H6N3. The normalized spacial score (nSPS) is 9.12. The largest absolute Gasteiger partial charge is 0.256 e. The molecule has 1 radical (unpaired) electrons. The number of hydrogen-bond acceptors (Lipinski definition) is 3. The zero-order valence-electron chi connectivity index (χ0n) is 8.31. The Morgan fingerprint density at radius 3 is 2.62 bits per heavy atom. The van der Waals surface area contributed by atoms with Crippen molar-refractivity contribution in [3.05, 3.63) is 53.7 Å². The Morgan fingerprint density at radius 1 is 1.12 bits per heavy atom. The molecule has 1 aromatic carbocycles. The van der Waals surface area contributed by atoms with Crippen molar-refractivity contribution in [1.29, 1.82) is 10.5 Å². The molecule has 1 heterocycles. The Hall–Kier alpha value is -2.65. The lowest BCUT2D eigenvalue weighted by Crippen LogP contribution is -1.90. The Kier molecular flexibility index (Phi) is 2.63. The first kappa shape index (κ1) is 9.89. The highest BCUT2D eigenvalue weighted by Crippen LogP contribution is 2.23. The van der Waals surface area contributed by atoms with Gasteiger partial charge < -0.3 is 0 Å². The number of benzene rings is 1. The van der Waals surface area contributed by atoms with Gasteiger partial charge in [0.25, 0.3) is 0 Å². The minimum absolute atomic E-state index is 0.365. The van der Waals surface area contributed by atoms with Crippen LogP contribution in [0.2, 0.25) is 0 Å². The number of nitrogens with zero attached hydrogens (tertiary/aromatic N) is 3. The van der Waals surface area contributed by atoms with Crippen molar-refractivity contribution < 1.29 is 0 Å². The maximum atomic E-state index is 9.05. The molecule has 0 fully saturated rings. The van der Waals surface area contributed by atoms with E-state index in [1.54, 1.807) is 30.3 Å². The third kappa shape index (κ3) is 1.63. The zero-order chi connectivity index (χ0) is 11.4. The summed E-state index contributed by atoms with van der Waals surface area (Å²) >= 11 is 0. The van der Waals surface area contributed by atoms with Crippen molar-refractivity contribution >= 4 is 0 Å². The van der Waals surface area contributed by atoms with Gasteiger partial charge in [-0.2, -0.15) is 10.5 Å². The van der Waals surface area contributed by atoms with Gasteiger partial charge in [0.2, 0.25) is 0 Å². The second-order valence-electron chi connectivity index (χ2n) is 3.10. The molecule has 0 N–H and O–H groups in total. The van der Waals surface area contributed by atoms with Gasteiger partial charge in [-0.1, -0.05) is 18.2 Å². The third-order valence-electron chi connectivity index (χ3n) is 2.19. The Balaban J connectivity index is 2.69. The number of rotatable bonds is 1. The fraction of sp³-hybridized carbons (Fsp3) is 0. The summed E-state index contributed by atoms with van der Waals surface area (Å²) in [5.74, 6) is 0. The maximum absolute atomic E-state index is 9.05. The van der Waals surface area contributed by atoms with Crippen LogP contribution in [0.25, 0.3) is 11.3 Å². The van der Waals surface area contributed by atoms with E-state index in [-0.39, 0.29) is 0 Å². The SMILES string of the molecule is N#Cc1cccc(-c2cc[c]cn2)c1C#N. The summed E-state index contributed by atoms with van der Waals surface area (Å²) in [5.41, 5.74) is 2.08. The first-order chi connectivity index (χ1) is 7.86. The Labute approximate surface area is 93.2 Å². The molecule has 0 bridgehead atoms. The molecule has 0 spiro atoms. The van der Waals surface area contributed by atoms with Gasteiger partial charge in [0.05, 0.1) is 16.8 Å². The summed E-state index contributed by atoms with van der Waals surface area (Å²) in [4.78, 5) is 4.12. The van der Waals surface area contributed by atoms with E-state index in [1.165, 1.54) is 6.20 Å². The fourth-order valence-corrected chi connectivity index (χ4v) is 1.46. The summed E-state index contributed by atoms with van der Waals surface area (Å²) in [6, 6.07) is 15.5. The predicted molar refractivity (Wildman–Crippen MR) is 57.9 cm³/mol. The molecule has 0 saturated carbocycles. The topological polar surface area (TPSA) is 60.5 Å². The van der Waals surface area contributed by atoms with Gasteiger partial charge in [-0.05, 0) is 12.1 Å². The minimum Gasteiger partial charge on any atom is -0.256 e. The molecule has 0 atom stereocenters. The van der Waals surface area contributed by atoms with Crippen LogP contribution in [0.3, 0.4) is 0 Å².